The van der Waals surface area contributed by atoms with E-state index >= 15 is 0 Å². The largest absolute Gasteiger partial charge is 0.448 e. The second kappa shape index (κ2) is 7.64. The van der Waals surface area contributed by atoms with Gasteiger partial charge in [-0.15, -0.1) is 0 Å². The number of para-hydroxylation sites is 1. The molecule has 0 aliphatic heterocycles. The number of benzene rings is 2. The Balaban J connectivity index is 1.40. The number of nitrogens with one attached hydrogen (secondary N) is 1. The fraction of sp³-hybridized carbons (Fsp3) is 0. The second-order valence-electron chi connectivity index (χ2n) is 5.47. The Morgan fingerprint density at radius 2 is 1.81 bits per heavy atom. The highest BCUT2D eigenvalue weighted by Crippen LogP contribution is 2.29. The first-order chi connectivity index (χ1) is 12.8. The van der Waals surface area contributed by atoms with Gasteiger partial charge in [0.25, 0.3) is 0 Å². The van der Waals surface area contributed by atoms with Gasteiger partial charge in [-0.2, -0.15) is 5.10 Å². The molecule has 0 saturated carbocycles. The van der Waals surface area contributed by atoms with E-state index in [1.54, 1.807) is 6.21 Å². The molecule has 0 saturated heterocycles. The predicted molar refractivity (Wildman–Crippen MR) is 107 cm³/mol. The number of nitrogens with zero attached hydrogens (tertiary/aromatic N) is 2. The minimum atomic E-state index is 0.662. The SMILES string of the molecule is Clc1ccc(Sc2ccc(/C=N\Nc3ccc4ccccc4n3)o2)cc1. The summed E-state index contributed by atoms with van der Waals surface area (Å²) in [6.07, 6.45) is 1.63. The van der Waals surface area contributed by atoms with Crippen LogP contribution in [-0.2, 0) is 0 Å². The van der Waals surface area contributed by atoms with E-state index in [4.69, 9.17) is 16.0 Å². The number of hydrogen-bond donors (Lipinski definition) is 1. The quantitative estimate of drug-likeness (QED) is 0.337. The van der Waals surface area contributed by atoms with E-state index in [1.165, 1.54) is 11.8 Å². The summed E-state index contributed by atoms with van der Waals surface area (Å²) in [5.41, 5.74) is 3.85. The van der Waals surface area contributed by atoms with Gasteiger partial charge in [-0.3, -0.25) is 5.43 Å². The zero-order valence-corrected chi connectivity index (χ0v) is 15.2. The number of rotatable bonds is 5. The van der Waals surface area contributed by atoms with Crippen molar-refractivity contribution in [3.05, 3.63) is 83.6 Å². The number of aromatic nitrogens is 1. The van der Waals surface area contributed by atoms with Gasteiger partial charge in [-0.1, -0.05) is 41.6 Å². The second-order valence-corrected chi connectivity index (χ2v) is 6.99. The summed E-state index contributed by atoms with van der Waals surface area (Å²) in [5.74, 6) is 1.34. The fourth-order valence-corrected chi connectivity index (χ4v) is 3.27. The first kappa shape index (κ1) is 16.7. The molecule has 4 nitrogen and oxygen atoms in total. The van der Waals surface area contributed by atoms with Crippen LogP contribution in [0, 0.1) is 0 Å². The Kier molecular flexibility index (Phi) is 4.91. The first-order valence-corrected chi connectivity index (χ1v) is 9.14. The average Bonchev–Trinajstić information content (AvgIpc) is 3.11. The normalized spacial score (nSPS) is 11.3. The molecule has 0 aliphatic carbocycles. The molecule has 4 rings (SSSR count). The molecule has 1 N–H and O–H groups in total. The van der Waals surface area contributed by atoms with E-state index in [0.29, 0.717) is 11.6 Å². The molecule has 0 atom stereocenters. The predicted octanol–water partition coefficient (Wildman–Crippen LogP) is 6.08. The number of hydrazone groups is 1. The van der Waals surface area contributed by atoms with Crippen LogP contribution >= 0.6 is 23.4 Å². The number of anilines is 1. The lowest BCUT2D eigenvalue weighted by atomic mass is 10.2. The topological polar surface area (TPSA) is 50.4 Å². The van der Waals surface area contributed by atoms with Crippen molar-refractivity contribution in [3.8, 4) is 0 Å². The Morgan fingerprint density at radius 3 is 2.69 bits per heavy atom. The summed E-state index contributed by atoms with van der Waals surface area (Å²) >= 11 is 7.43. The average molecular weight is 380 g/mol. The lowest BCUT2D eigenvalue weighted by molar-refractivity contribution is 0.469. The van der Waals surface area contributed by atoms with E-state index in [9.17, 15) is 0 Å². The summed E-state index contributed by atoms with van der Waals surface area (Å²) in [7, 11) is 0. The van der Waals surface area contributed by atoms with Crippen LogP contribution in [0.3, 0.4) is 0 Å². The zero-order valence-electron chi connectivity index (χ0n) is 13.6. The molecular weight excluding hydrogens is 366 g/mol. The number of halogens is 1. The monoisotopic (exact) mass is 379 g/mol. The van der Waals surface area contributed by atoms with Crippen molar-refractivity contribution >= 4 is 46.3 Å². The smallest absolute Gasteiger partial charge is 0.165 e. The molecule has 26 heavy (non-hydrogen) atoms. The van der Waals surface area contributed by atoms with E-state index in [-0.39, 0.29) is 0 Å². The van der Waals surface area contributed by atoms with Crippen molar-refractivity contribution in [2.45, 2.75) is 9.99 Å². The molecule has 0 amide bonds. The highest BCUT2D eigenvalue weighted by molar-refractivity contribution is 7.99. The molecule has 128 valence electrons. The van der Waals surface area contributed by atoms with Gasteiger partial charge in [0.05, 0.1) is 11.7 Å². The number of furan rings is 1. The van der Waals surface area contributed by atoms with Crippen molar-refractivity contribution < 1.29 is 4.42 Å². The zero-order chi connectivity index (χ0) is 17.8. The van der Waals surface area contributed by atoms with E-state index in [1.807, 2.05) is 72.8 Å². The van der Waals surface area contributed by atoms with Gasteiger partial charge in [-0.25, -0.2) is 4.98 Å². The molecule has 0 unspecified atom stereocenters. The van der Waals surface area contributed by atoms with Crippen LogP contribution in [0.2, 0.25) is 5.02 Å². The fourth-order valence-electron chi connectivity index (χ4n) is 2.37. The summed E-state index contributed by atoms with van der Waals surface area (Å²) in [6, 6.07) is 23.3. The molecule has 4 aromatic rings. The van der Waals surface area contributed by atoms with Gasteiger partial charge >= 0.3 is 0 Å². The Morgan fingerprint density at radius 1 is 0.962 bits per heavy atom. The van der Waals surface area contributed by atoms with Crippen LogP contribution in [0.1, 0.15) is 5.76 Å². The van der Waals surface area contributed by atoms with Crippen LogP contribution in [0.5, 0.6) is 0 Å². The van der Waals surface area contributed by atoms with Crippen molar-refractivity contribution in [3.63, 3.8) is 0 Å². The minimum Gasteiger partial charge on any atom is -0.448 e. The summed E-state index contributed by atoms with van der Waals surface area (Å²) in [4.78, 5) is 5.57. The molecule has 0 spiro atoms. The van der Waals surface area contributed by atoms with Gasteiger partial charge in [0.15, 0.2) is 5.09 Å². The van der Waals surface area contributed by atoms with E-state index < -0.39 is 0 Å². The molecule has 2 aromatic carbocycles. The van der Waals surface area contributed by atoms with Crippen LogP contribution in [-0.4, -0.2) is 11.2 Å². The van der Waals surface area contributed by atoms with Crippen molar-refractivity contribution in [1.82, 2.24) is 4.98 Å². The molecule has 6 heteroatoms. The number of fused-ring (bicyclic) bond motifs is 1. The van der Waals surface area contributed by atoms with Gasteiger partial charge < -0.3 is 4.42 Å². The molecule has 0 bridgehead atoms. The van der Waals surface area contributed by atoms with Gasteiger partial charge in [0.1, 0.15) is 11.6 Å². The summed E-state index contributed by atoms with van der Waals surface area (Å²) in [5, 5.41) is 6.79. The number of pyridine rings is 1. The van der Waals surface area contributed by atoms with Crippen molar-refractivity contribution in [1.29, 1.82) is 0 Å². The standard InChI is InChI=1S/C20H14ClN3OS/c21-15-6-9-17(10-7-15)26-20-12-8-16(25-20)13-22-24-19-11-5-14-3-1-2-4-18(14)23-19/h1-13H,(H,23,24)/b22-13-. The highest BCUT2D eigenvalue weighted by atomic mass is 35.5. The van der Waals surface area contributed by atoms with Gasteiger partial charge in [-0.05, 0) is 54.6 Å². The third-order valence-corrected chi connectivity index (χ3v) is 4.78. The van der Waals surface area contributed by atoms with Crippen LogP contribution in [0.15, 0.2) is 92.3 Å². The Hall–Kier alpha value is -2.76. The molecule has 2 aromatic heterocycles. The first-order valence-electron chi connectivity index (χ1n) is 7.94. The lowest BCUT2D eigenvalue weighted by Gasteiger charge is -2.01. The third kappa shape index (κ3) is 4.07. The van der Waals surface area contributed by atoms with Gasteiger partial charge in [0.2, 0.25) is 0 Å². The summed E-state index contributed by atoms with van der Waals surface area (Å²) < 4.78 is 5.75. The third-order valence-electron chi connectivity index (χ3n) is 3.60. The van der Waals surface area contributed by atoms with Crippen molar-refractivity contribution in [2.24, 2.45) is 5.10 Å². The Labute approximate surface area is 159 Å². The molecule has 0 radical (unpaired) electrons. The maximum absolute atomic E-state index is 5.90. The van der Waals surface area contributed by atoms with E-state index in [2.05, 4.69) is 15.5 Å². The van der Waals surface area contributed by atoms with E-state index in [0.717, 1.165) is 25.9 Å². The maximum Gasteiger partial charge on any atom is 0.165 e. The molecular formula is C20H14ClN3OS. The Bertz CT molecular complexity index is 1060. The molecule has 0 fully saturated rings. The minimum absolute atomic E-state index is 0.662. The molecule has 0 aliphatic rings. The highest BCUT2D eigenvalue weighted by Gasteiger charge is 2.03. The van der Waals surface area contributed by atoms with Gasteiger partial charge in [0, 0.05) is 15.3 Å². The number of hydrogen-bond acceptors (Lipinski definition) is 5. The molecule has 2 heterocycles. The summed E-state index contributed by atoms with van der Waals surface area (Å²) in [6.45, 7) is 0. The lowest BCUT2D eigenvalue weighted by Crippen LogP contribution is -1.93. The maximum atomic E-state index is 5.90. The van der Waals surface area contributed by atoms with Crippen molar-refractivity contribution in [2.75, 3.05) is 5.43 Å². The van der Waals surface area contributed by atoms with Crippen LogP contribution in [0.25, 0.3) is 10.9 Å². The van der Waals surface area contributed by atoms with Crippen LogP contribution < -0.4 is 5.43 Å². The van der Waals surface area contributed by atoms with Crippen LogP contribution in [0.4, 0.5) is 5.82 Å².